The van der Waals surface area contributed by atoms with E-state index in [9.17, 15) is 28.6 Å². The van der Waals surface area contributed by atoms with Crippen LogP contribution >= 0.6 is 0 Å². The number of anilines is 2. The number of nitrogens with zero attached hydrogens (tertiary/aromatic N) is 8. The highest BCUT2D eigenvalue weighted by molar-refractivity contribution is 5.82. The third-order valence-corrected chi connectivity index (χ3v) is 7.28. The number of imidazole rings is 2. The lowest BCUT2D eigenvalue weighted by atomic mass is 10.1. The molecule has 0 bridgehead atoms. The molecule has 0 spiro atoms. The Morgan fingerprint density at radius 1 is 0.848 bits per heavy atom. The van der Waals surface area contributed by atoms with Gasteiger partial charge in [0.15, 0.2) is 34.0 Å². The van der Waals surface area contributed by atoms with Crippen molar-refractivity contribution in [1.82, 2.24) is 39.0 Å². The normalized spacial score (nSPS) is 27.4. The van der Waals surface area contributed by atoms with Crippen LogP contribution in [0.2, 0.25) is 0 Å². The summed E-state index contributed by atoms with van der Waals surface area (Å²) in [5.41, 5.74) is 11.4. The second-order valence-corrected chi connectivity index (χ2v) is 10.1. The van der Waals surface area contributed by atoms with Gasteiger partial charge in [-0.2, -0.15) is 28.7 Å². The number of aromatic nitrogens is 8. The fraction of sp³-hybridized carbons (Fsp3) is 0.385. The topological polar surface area (TPSA) is 251 Å². The van der Waals surface area contributed by atoms with Gasteiger partial charge in [-0.05, 0) is 11.8 Å². The lowest BCUT2D eigenvalue weighted by Gasteiger charge is -2.27. The minimum Gasteiger partial charge on any atom is -0.418 e. The first-order valence-electron chi connectivity index (χ1n) is 13.3. The maximum atomic E-state index is 13.8. The van der Waals surface area contributed by atoms with Crippen molar-refractivity contribution in [2.45, 2.75) is 61.9 Å². The molecule has 2 aliphatic rings. The third-order valence-electron chi connectivity index (χ3n) is 7.28. The Kier molecular flexibility index (Phi) is 7.37. The van der Waals surface area contributed by atoms with Gasteiger partial charge < -0.3 is 40.6 Å². The van der Waals surface area contributed by atoms with Crippen molar-refractivity contribution >= 4 is 45.9 Å². The van der Waals surface area contributed by atoms with Gasteiger partial charge in [0.2, 0.25) is 0 Å². The first-order valence-corrected chi connectivity index (χ1v) is 13.3. The first kappa shape index (κ1) is 30.5. The van der Waals surface area contributed by atoms with Crippen LogP contribution in [0.3, 0.4) is 0 Å². The van der Waals surface area contributed by atoms with Gasteiger partial charge in [0.05, 0.1) is 25.5 Å². The molecule has 2 saturated heterocycles. The molecule has 46 heavy (non-hydrogen) atoms. The van der Waals surface area contributed by atoms with Crippen molar-refractivity contribution in [2.75, 3.05) is 11.5 Å². The minimum absolute atomic E-state index is 0.0594. The summed E-state index contributed by atoms with van der Waals surface area (Å²) in [4.78, 5) is 47.6. The van der Waals surface area contributed by atoms with Crippen LogP contribution in [0.5, 0.6) is 0 Å². The number of hydrogen-bond donors (Lipinski definition) is 4. The molecule has 18 nitrogen and oxygen atoms in total. The number of terminal acetylenes is 2. The largest absolute Gasteiger partial charge is 0.418 e. The maximum Gasteiger partial charge on any atom is 0.312 e. The molecule has 0 radical (unpaired) electrons. The van der Waals surface area contributed by atoms with Crippen LogP contribution in [0.1, 0.15) is 38.1 Å². The fourth-order valence-electron chi connectivity index (χ4n) is 5.08. The monoisotopic (exact) mass is 640 g/mol. The quantitative estimate of drug-likeness (QED) is 0.110. The molecule has 4 aromatic heterocycles. The summed E-state index contributed by atoms with van der Waals surface area (Å²) in [6.07, 6.45) is 4.22. The molecule has 2 fully saturated rings. The highest BCUT2D eigenvalue weighted by Crippen LogP contribution is 2.40. The second-order valence-electron chi connectivity index (χ2n) is 10.1. The van der Waals surface area contributed by atoms with E-state index in [2.05, 4.69) is 41.7 Å². The number of nitrogen functional groups attached to an aromatic ring is 2. The van der Waals surface area contributed by atoms with Crippen LogP contribution in [0.15, 0.2) is 12.7 Å². The number of nitrogens with two attached hydrogens (primary N) is 2. The maximum absolute atomic E-state index is 13.8. The van der Waals surface area contributed by atoms with Crippen molar-refractivity contribution in [3.05, 3.63) is 24.8 Å². The summed E-state index contributed by atoms with van der Waals surface area (Å²) < 4.78 is 52.0. The molecular weight excluding hydrogens is 618 g/mol. The molecule has 4 aromatic rings. The number of hydrogen-bond acceptors (Lipinski definition) is 16. The van der Waals surface area contributed by atoms with Gasteiger partial charge in [-0.3, -0.25) is 18.7 Å². The van der Waals surface area contributed by atoms with Crippen LogP contribution in [0.4, 0.5) is 20.4 Å². The number of aliphatic hydroxyl groups is 2. The molecule has 238 valence electrons. The van der Waals surface area contributed by atoms with E-state index in [1.165, 1.54) is 21.8 Å². The molecule has 0 amide bonds. The van der Waals surface area contributed by atoms with Gasteiger partial charge >= 0.3 is 35.7 Å². The van der Waals surface area contributed by atoms with E-state index < -0.39 is 73.2 Å². The van der Waals surface area contributed by atoms with E-state index in [4.69, 9.17) is 43.3 Å². The molecule has 2 aliphatic heterocycles. The molecule has 0 saturated carbocycles. The summed E-state index contributed by atoms with van der Waals surface area (Å²) >= 11 is 0. The third kappa shape index (κ3) is 5.04. The van der Waals surface area contributed by atoms with Crippen molar-refractivity contribution in [3.63, 3.8) is 0 Å². The number of esters is 2. The summed E-state index contributed by atoms with van der Waals surface area (Å²) in [5.74, 6) is -3.00. The van der Waals surface area contributed by atoms with Crippen LogP contribution in [0.25, 0.3) is 22.3 Å². The Bertz CT molecular complexity index is 1830. The van der Waals surface area contributed by atoms with Crippen LogP contribution < -0.4 is 11.5 Å². The average Bonchev–Trinajstić information content (AvgIpc) is 3.76. The summed E-state index contributed by atoms with van der Waals surface area (Å²) in [6.45, 7) is 0. The zero-order valence-electron chi connectivity index (χ0n) is 23.3. The van der Waals surface area contributed by atoms with Crippen molar-refractivity contribution in [2.24, 2.45) is 0 Å². The summed E-state index contributed by atoms with van der Waals surface area (Å²) in [6, 6.07) is 0. The van der Waals surface area contributed by atoms with Crippen molar-refractivity contribution < 1.29 is 47.5 Å². The second kappa shape index (κ2) is 11.1. The predicted molar refractivity (Wildman–Crippen MR) is 145 cm³/mol. The minimum atomic E-state index is -2.29. The Morgan fingerprint density at radius 2 is 1.24 bits per heavy atom. The molecule has 20 heteroatoms. The Balaban J connectivity index is 1.09. The highest BCUT2D eigenvalue weighted by Gasteiger charge is 2.53. The standard InChI is InChI=1S/C26H22F2N10O8/c1-3-25(11(39)7-13(43-25)37-9-31-17-19(29)33-23(27)35-21(17)37)45-15(41)5-6-16(42)46-26(4-2)12(40)8-14(44-26)38-10-32-18-20(30)34-24(28)36-22(18)38/h1-2,9-14,39-40H,5-8H2,(H2,29,33,35)(H2,30,34,36)/t11-,12-,13+,14+,25+,26+/m0/s1. The van der Waals surface area contributed by atoms with Gasteiger partial charge in [0, 0.05) is 12.8 Å². The molecule has 6 N–H and O–H groups in total. The van der Waals surface area contributed by atoms with Gasteiger partial charge in [-0.25, -0.2) is 9.97 Å². The average molecular weight is 641 g/mol. The molecule has 0 unspecified atom stereocenters. The van der Waals surface area contributed by atoms with E-state index in [0.717, 1.165) is 0 Å². The Labute approximate surface area is 255 Å². The van der Waals surface area contributed by atoms with Crippen LogP contribution in [0, 0.1) is 36.8 Å². The number of rotatable bonds is 7. The summed E-state index contributed by atoms with van der Waals surface area (Å²) in [7, 11) is 0. The molecule has 0 aromatic carbocycles. The van der Waals surface area contributed by atoms with E-state index in [1.807, 2.05) is 0 Å². The van der Waals surface area contributed by atoms with Crippen molar-refractivity contribution in [1.29, 1.82) is 0 Å². The molecule has 6 heterocycles. The van der Waals surface area contributed by atoms with E-state index >= 15 is 0 Å². The van der Waals surface area contributed by atoms with Gasteiger partial charge in [-0.15, -0.1) is 12.8 Å². The number of fused-ring (bicyclic) bond motifs is 2. The number of halogens is 2. The number of aliphatic hydroxyl groups excluding tert-OH is 2. The zero-order chi connectivity index (χ0) is 33.0. The fourth-order valence-corrected chi connectivity index (χ4v) is 5.08. The number of carbonyl (C=O) groups is 2. The summed E-state index contributed by atoms with van der Waals surface area (Å²) in [5, 5.41) is 21.4. The first-order chi connectivity index (χ1) is 21.9. The van der Waals surface area contributed by atoms with Crippen molar-refractivity contribution in [3.8, 4) is 24.7 Å². The predicted octanol–water partition coefficient (Wildman–Crippen LogP) is -0.806. The molecule has 6 rings (SSSR count). The smallest absolute Gasteiger partial charge is 0.312 e. The zero-order valence-corrected chi connectivity index (χ0v) is 23.3. The Morgan fingerprint density at radius 3 is 1.61 bits per heavy atom. The number of ether oxygens (including phenoxy) is 4. The molecular formula is C26H22F2N10O8. The van der Waals surface area contributed by atoms with Crippen LogP contribution in [-0.4, -0.2) is 85.0 Å². The lowest BCUT2D eigenvalue weighted by molar-refractivity contribution is -0.231. The Hall–Kier alpha value is -5.54. The van der Waals surface area contributed by atoms with Gasteiger partial charge in [0.1, 0.15) is 24.7 Å². The molecule has 6 atom stereocenters. The molecule has 0 aliphatic carbocycles. The highest BCUT2D eigenvalue weighted by atomic mass is 19.1. The van der Waals surface area contributed by atoms with E-state index in [-0.39, 0.29) is 46.8 Å². The number of carbonyl (C=O) groups excluding carboxylic acids is 2. The van der Waals surface area contributed by atoms with E-state index in [0.29, 0.717) is 0 Å². The van der Waals surface area contributed by atoms with Gasteiger partial charge in [-0.1, -0.05) is 0 Å². The lowest BCUT2D eigenvalue weighted by Crippen LogP contribution is -2.43. The van der Waals surface area contributed by atoms with Gasteiger partial charge in [0.25, 0.3) is 0 Å². The van der Waals surface area contributed by atoms with E-state index in [1.54, 1.807) is 0 Å². The van der Waals surface area contributed by atoms with Crippen LogP contribution in [-0.2, 0) is 28.5 Å². The SMILES string of the molecule is C#C[C@]1(OC(=O)CCC(=O)O[C@@]2(C#C)O[C@@H](n3cnc4c(N)nc(F)nc43)C[C@@H]2O)O[C@@H](n2cnc3c(N)nc(F)nc32)C[C@@H]1O.